The summed E-state index contributed by atoms with van der Waals surface area (Å²) in [4.78, 5) is 16.2. The first-order valence-corrected chi connectivity index (χ1v) is 6.39. The first-order valence-electron chi connectivity index (χ1n) is 6.01. The number of carboxylic acid groups (broad SMARTS) is 1. The van der Waals surface area contributed by atoms with E-state index in [2.05, 4.69) is 4.98 Å². The van der Waals surface area contributed by atoms with Crippen LogP contribution in [0.2, 0.25) is 5.02 Å². The van der Waals surface area contributed by atoms with Crippen molar-refractivity contribution in [3.63, 3.8) is 0 Å². The van der Waals surface area contributed by atoms with Crippen molar-refractivity contribution in [3.8, 4) is 0 Å². The first kappa shape index (κ1) is 10.3. The molecule has 0 amide bonds. The molecule has 0 spiro atoms. The first-order chi connectivity index (χ1) is 8.66. The number of fused-ring (bicyclic) bond motifs is 4. The molecule has 2 unspecified atom stereocenters. The fourth-order valence-corrected chi connectivity index (χ4v) is 3.35. The highest BCUT2D eigenvalue weighted by Crippen LogP contribution is 2.56. The Morgan fingerprint density at radius 3 is 3.06 bits per heavy atom. The third-order valence-electron chi connectivity index (χ3n) is 4.05. The Morgan fingerprint density at radius 2 is 2.28 bits per heavy atom. The molecule has 2 aliphatic rings. The van der Waals surface area contributed by atoms with Crippen LogP contribution in [0.1, 0.15) is 34.0 Å². The van der Waals surface area contributed by atoms with Gasteiger partial charge >= 0.3 is 5.97 Å². The van der Waals surface area contributed by atoms with Crippen molar-refractivity contribution in [3.05, 3.63) is 40.0 Å². The topological polar surface area (TPSA) is 50.2 Å². The second-order valence-electron chi connectivity index (χ2n) is 5.10. The van der Waals surface area contributed by atoms with E-state index >= 15 is 0 Å². The molecule has 2 atom stereocenters. The zero-order valence-corrected chi connectivity index (χ0v) is 10.2. The minimum absolute atomic E-state index is 0.407. The fourth-order valence-electron chi connectivity index (χ4n) is 3.14. The van der Waals surface area contributed by atoms with E-state index in [9.17, 15) is 9.90 Å². The average Bonchev–Trinajstić information content (AvgIpc) is 3.00. The van der Waals surface area contributed by atoms with Gasteiger partial charge in [0.15, 0.2) is 0 Å². The summed E-state index contributed by atoms with van der Waals surface area (Å²) < 4.78 is 0. The summed E-state index contributed by atoms with van der Waals surface area (Å²) in [6, 6.07) is 5.33. The third-order valence-corrected chi connectivity index (χ3v) is 4.36. The minimum atomic E-state index is -0.873. The van der Waals surface area contributed by atoms with Crippen molar-refractivity contribution < 1.29 is 9.90 Å². The number of pyridine rings is 1. The lowest BCUT2D eigenvalue weighted by Gasteiger charge is -2.11. The molecule has 0 aliphatic heterocycles. The van der Waals surface area contributed by atoms with E-state index in [1.54, 1.807) is 18.2 Å². The number of para-hydroxylation sites is 1. The third kappa shape index (κ3) is 1.20. The maximum absolute atomic E-state index is 11.5. The molecule has 4 rings (SSSR count). The van der Waals surface area contributed by atoms with Crippen LogP contribution in [0.25, 0.3) is 10.9 Å². The summed E-state index contributed by atoms with van der Waals surface area (Å²) in [5.41, 5.74) is 2.93. The van der Waals surface area contributed by atoms with Crippen molar-refractivity contribution in [1.29, 1.82) is 0 Å². The lowest BCUT2D eigenvalue weighted by atomic mass is 9.99. The van der Waals surface area contributed by atoms with Gasteiger partial charge in [0.05, 0.1) is 16.1 Å². The van der Waals surface area contributed by atoms with Gasteiger partial charge in [-0.3, -0.25) is 4.98 Å². The molecule has 1 heterocycles. The van der Waals surface area contributed by atoms with Gasteiger partial charge in [-0.05, 0) is 30.4 Å². The molecule has 90 valence electrons. The Hall–Kier alpha value is -1.61. The molecule has 1 aromatic carbocycles. The molecule has 0 radical (unpaired) electrons. The van der Waals surface area contributed by atoms with Crippen LogP contribution in [0.15, 0.2) is 18.2 Å². The van der Waals surface area contributed by atoms with Crippen LogP contribution in [0.4, 0.5) is 0 Å². The molecule has 1 aromatic heterocycles. The molecule has 18 heavy (non-hydrogen) atoms. The van der Waals surface area contributed by atoms with Gasteiger partial charge in [0.1, 0.15) is 0 Å². The summed E-state index contributed by atoms with van der Waals surface area (Å²) >= 11 is 6.14. The van der Waals surface area contributed by atoms with E-state index in [-0.39, 0.29) is 0 Å². The Morgan fingerprint density at radius 1 is 1.44 bits per heavy atom. The molecule has 0 bridgehead atoms. The van der Waals surface area contributed by atoms with E-state index < -0.39 is 5.97 Å². The van der Waals surface area contributed by atoms with Gasteiger partial charge in [-0.15, -0.1) is 0 Å². The lowest BCUT2D eigenvalue weighted by Crippen LogP contribution is -2.07. The summed E-state index contributed by atoms with van der Waals surface area (Å²) in [5, 5.41) is 10.7. The van der Waals surface area contributed by atoms with Crippen LogP contribution in [-0.4, -0.2) is 16.1 Å². The molecule has 1 saturated carbocycles. The zero-order chi connectivity index (χ0) is 12.4. The number of rotatable bonds is 1. The Balaban J connectivity index is 2.16. The van der Waals surface area contributed by atoms with Gasteiger partial charge in [0, 0.05) is 17.0 Å². The van der Waals surface area contributed by atoms with Gasteiger partial charge in [-0.25, -0.2) is 4.79 Å². The van der Waals surface area contributed by atoms with Crippen molar-refractivity contribution in [1.82, 2.24) is 4.98 Å². The number of carboxylic acids is 1. The van der Waals surface area contributed by atoms with Crippen LogP contribution in [0, 0.1) is 5.92 Å². The van der Waals surface area contributed by atoms with E-state index in [1.807, 2.05) is 0 Å². The predicted octanol–water partition coefficient (Wildman–Crippen LogP) is 3.25. The van der Waals surface area contributed by atoms with E-state index in [4.69, 9.17) is 11.6 Å². The number of benzene rings is 1. The molecule has 1 fully saturated rings. The molecule has 0 saturated heterocycles. The van der Waals surface area contributed by atoms with Gasteiger partial charge in [-0.2, -0.15) is 0 Å². The number of aromatic nitrogens is 1. The van der Waals surface area contributed by atoms with Crippen molar-refractivity contribution in [2.24, 2.45) is 5.92 Å². The van der Waals surface area contributed by atoms with E-state index in [1.165, 1.54) is 0 Å². The van der Waals surface area contributed by atoms with E-state index in [0.717, 1.165) is 24.1 Å². The maximum atomic E-state index is 11.5. The largest absolute Gasteiger partial charge is 0.478 e. The molecule has 2 aromatic rings. The van der Waals surface area contributed by atoms with Gasteiger partial charge in [0.25, 0.3) is 0 Å². The smallest absolute Gasteiger partial charge is 0.336 e. The van der Waals surface area contributed by atoms with Gasteiger partial charge in [0.2, 0.25) is 0 Å². The molecule has 1 N–H and O–H groups in total. The SMILES string of the molecule is O=C(O)c1c2c(nc3c(Cl)cccc13)C1CC1C2. The molecule has 4 heteroatoms. The monoisotopic (exact) mass is 259 g/mol. The summed E-state index contributed by atoms with van der Waals surface area (Å²) in [5.74, 6) is 0.210. The predicted molar refractivity (Wildman–Crippen MR) is 68.3 cm³/mol. The van der Waals surface area contributed by atoms with Crippen molar-refractivity contribution >= 4 is 28.5 Å². The number of halogens is 1. The Bertz CT molecular complexity index is 710. The number of nitrogens with zero attached hydrogens (tertiary/aromatic N) is 1. The quantitative estimate of drug-likeness (QED) is 0.855. The van der Waals surface area contributed by atoms with Gasteiger partial charge < -0.3 is 5.11 Å². The number of carbonyl (C=O) groups is 1. The Kier molecular flexibility index (Phi) is 1.86. The van der Waals surface area contributed by atoms with Crippen LogP contribution in [-0.2, 0) is 6.42 Å². The van der Waals surface area contributed by atoms with Crippen LogP contribution in [0.5, 0.6) is 0 Å². The zero-order valence-electron chi connectivity index (χ0n) is 9.48. The van der Waals surface area contributed by atoms with Crippen LogP contribution in [0.3, 0.4) is 0 Å². The summed E-state index contributed by atoms with van der Waals surface area (Å²) in [7, 11) is 0. The number of hydrogen-bond acceptors (Lipinski definition) is 2. The fraction of sp³-hybridized carbons (Fsp3) is 0.286. The number of aromatic carboxylic acids is 1. The standard InChI is InChI=1S/C14H10ClNO2/c15-10-3-1-2-7-11(14(17)18)9-5-6-4-8(6)12(9)16-13(7)10/h1-3,6,8H,4-5H2,(H,17,18). The second kappa shape index (κ2) is 3.23. The van der Waals surface area contributed by atoms with Crippen molar-refractivity contribution in [2.45, 2.75) is 18.8 Å². The number of hydrogen-bond donors (Lipinski definition) is 1. The average molecular weight is 260 g/mol. The Labute approximate surface area is 108 Å². The second-order valence-corrected chi connectivity index (χ2v) is 5.51. The van der Waals surface area contributed by atoms with Crippen LogP contribution >= 0.6 is 11.6 Å². The molecule has 3 nitrogen and oxygen atoms in total. The van der Waals surface area contributed by atoms with Gasteiger partial charge in [-0.1, -0.05) is 23.7 Å². The minimum Gasteiger partial charge on any atom is -0.478 e. The molecular formula is C14H10ClNO2. The lowest BCUT2D eigenvalue weighted by molar-refractivity contribution is 0.0698. The summed E-state index contributed by atoms with van der Waals surface area (Å²) in [6.07, 6.45) is 2.01. The van der Waals surface area contributed by atoms with Crippen LogP contribution < -0.4 is 0 Å². The highest BCUT2D eigenvalue weighted by atomic mass is 35.5. The molecule has 2 aliphatic carbocycles. The highest BCUT2D eigenvalue weighted by Gasteiger charge is 2.48. The normalized spacial score (nSPS) is 23.8. The summed E-state index contributed by atoms with van der Waals surface area (Å²) in [6.45, 7) is 0. The highest BCUT2D eigenvalue weighted by molar-refractivity contribution is 6.35. The maximum Gasteiger partial charge on any atom is 0.336 e. The van der Waals surface area contributed by atoms with E-state index in [0.29, 0.717) is 33.3 Å². The molecular weight excluding hydrogens is 250 g/mol. The van der Waals surface area contributed by atoms with Crippen molar-refractivity contribution in [2.75, 3.05) is 0 Å².